The third-order valence-electron chi connectivity index (χ3n) is 4.49. The molecule has 1 aromatic heterocycles. The van der Waals surface area contributed by atoms with E-state index in [4.69, 9.17) is 0 Å². The number of rotatable bonds is 2. The van der Waals surface area contributed by atoms with Gasteiger partial charge in [-0.2, -0.15) is 5.10 Å². The van der Waals surface area contributed by atoms with Gasteiger partial charge in [0.2, 0.25) is 0 Å². The second-order valence-electron chi connectivity index (χ2n) is 6.51. The zero-order valence-corrected chi connectivity index (χ0v) is 13.2. The Morgan fingerprint density at radius 2 is 1.95 bits per heavy atom. The number of fused-ring (bicyclic) bond motifs is 1. The molecule has 0 aliphatic carbocycles. The van der Waals surface area contributed by atoms with E-state index in [2.05, 4.69) is 34.7 Å². The van der Waals surface area contributed by atoms with Crippen molar-refractivity contribution in [1.29, 1.82) is 0 Å². The Labute approximate surface area is 130 Å². The molecule has 1 aromatic carbocycles. The van der Waals surface area contributed by atoms with Crippen LogP contribution in [0.3, 0.4) is 0 Å². The summed E-state index contributed by atoms with van der Waals surface area (Å²) in [6, 6.07) is 8.46. The molecule has 1 aliphatic heterocycles. The molecule has 5 heteroatoms. The van der Waals surface area contributed by atoms with Gasteiger partial charge >= 0.3 is 0 Å². The van der Waals surface area contributed by atoms with E-state index in [1.807, 2.05) is 24.3 Å². The molecule has 0 saturated carbocycles. The Bertz CT molecular complexity index is 684. The van der Waals surface area contributed by atoms with E-state index in [0.29, 0.717) is 23.4 Å². The van der Waals surface area contributed by atoms with Crippen molar-refractivity contribution in [1.82, 2.24) is 15.5 Å². The van der Waals surface area contributed by atoms with E-state index < -0.39 is 0 Å². The first-order valence-corrected chi connectivity index (χ1v) is 8.11. The topological polar surface area (TPSA) is 69.8 Å². The molecule has 0 unspecified atom stereocenters. The zero-order chi connectivity index (χ0) is 15.5. The van der Waals surface area contributed by atoms with Crippen molar-refractivity contribution in [3.63, 3.8) is 0 Å². The molecule has 118 valence electrons. The van der Waals surface area contributed by atoms with Crippen molar-refractivity contribution in [3.8, 4) is 0 Å². The molecular weight excluding hydrogens is 276 g/mol. The van der Waals surface area contributed by atoms with Gasteiger partial charge in [-0.25, -0.2) is 5.10 Å². The van der Waals surface area contributed by atoms with Crippen LogP contribution in [0, 0.1) is 5.92 Å². The van der Waals surface area contributed by atoms with Gasteiger partial charge in [0.1, 0.15) is 0 Å². The lowest BCUT2D eigenvalue weighted by Gasteiger charge is -2.29. The third-order valence-corrected chi connectivity index (χ3v) is 4.49. The van der Waals surface area contributed by atoms with Crippen LogP contribution in [0.2, 0.25) is 0 Å². The van der Waals surface area contributed by atoms with Crippen LogP contribution in [0.25, 0.3) is 10.8 Å². The number of hydrogen-bond acceptors (Lipinski definition) is 4. The summed E-state index contributed by atoms with van der Waals surface area (Å²) in [6.07, 6.45) is 3.38. The quantitative estimate of drug-likeness (QED) is 0.797. The number of hydrogen-bond donors (Lipinski definition) is 3. The second kappa shape index (κ2) is 6.48. The molecule has 3 N–H and O–H groups in total. The molecule has 5 nitrogen and oxygen atoms in total. The maximum absolute atomic E-state index is 11.9. The Balaban J connectivity index is 1.88. The smallest absolute Gasteiger partial charge is 0.272 e. The maximum atomic E-state index is 11.9. The number of nitrogens with zero attached hydrogens (tertiary/aromatic N) is 1. The average molecular weight is 300 g/mol. The number of nitrogens with one attached hydrogen (secondary N) is 3. The lowest BCUT2D eigenvalue weighted by molar-refractivity contribution is 0.351. The van der Waals surface area contributed by atoms with Gasteiger partial charge in [-0.1, -0.05) is 25.1 Å². The molecule has 1 fully saturated rings. The van der Waals surface area contributed by atoms with Gasteiger partial charge in [0.05, 0.1) is 5.39 Å². The van der Waals surface area contributed by atoms with Gasteiger partial charge in [-0.3, -0.25) is 4.79 Å². The van der Waals surface area contributed by atoms with Crippen molar-refractivity contribution in [2.75, 3.05) is 11.9 Å². The van der Waals surface area contributed by atoms with Crippen LogP contribution in [-0.2, 0) is 0 Å². The molecule has 1 aliphatic rings. The van der Waals surface area contributed by atoms with Gasteiger partial charge in [-0.05, 0) is 44.7 Å². The first-order chi connectivity index (χ1) is 10.6. The highest BCUT2D eigenvalue weighted by molar-refractivity contribution is 5.90. The van der Waals surface area contributed by atoms with E-state index in [1.54, 1.807) is 0 Å². The van der Waals surface area contributed by atoms with Crippen LogP contribution in [0.15, 0.2) is 29.1 Å². The molecule has 1 saturated heterocycles. The second-order valence-corrected chi connectivity index (χ2v) is 6.51. The van der Waals surface area contributed by atoms with E-state index in [9.17, 15) is 4.79 Å². The minimum absolute atomic E-state index is 0.137. The number of benzene rings is 1. The summed E-state index contributed by atoms with van der Waals surface area (Å²) in [6.45, 7) is 5.61. The van der Waals surface area contributed by atoms with E-state index in [0.717, 1.165) is 30.6 Å². The molecule has 0 spiro atoms. The summed E-state index contributed by atoms with van der Waals surface area (Å²) in [4.78, 5) is 11.9. The monoisotopic (exact) mass is 300 g/mol. The zero-order valence-electron chi connectivity index (χ0n) is 13.2. The van der Waals surface area contributed by atoms with E-state index in [-0.39, 0.29) is 5.56 Å². The van der Waals surface area contributed by atoms with Crippen molar-refractivity contribution in [2.24, 2.45) is 5.92 Å². The molecule has 0 amide bonds. The van der Waals surface area contributed by atoms with Crippen molar-refractivity contribution < 1.29 is 0 Å². The van der Waals surface area contributed by atoms with Gasteiger partial charge < -0.3 is 10.6 Å². The normalized spacial score (nSPS) is 26.4. The fraction of sp³-hybridized carbons (Fsp3) is 0.529. The Morgan fingerprint density at radius 1 is 1.18 bits per heavy atom. The number of H-pyrrole nitrogens is 1. The summed E-state index contributed by atoms with van der Waals surface area (Å²) >= 11 is 0. The van der Waals surface area contributed by atoms with Crippen LogP contribution >= 0.6 is 0 Å². The molecule has 2 aromatic rings. The fourth-order valence-electron chi connectivity index (χ4n) is 3.32. The van der Waals surface area contributed by atoms with Crippen LogP contribution in [0.5, 0.6) is 0 Å². The lowest BCUT2D eigenvalue weighted by atomic mass is 9.92. The van der Waals surface area contributed by atoms with Gasteiger partial charge in [-0.15, -0.1) is 0 Å². The predicted molar refractivity (Wildman–Crippen MR) is 90.3 cm³/mol. The van der Waals surface area contributed by atoms with E-state index in [1.165, 1.54) is 6.42 Å². The molecule has 3 atom stereocenters. The standard InChI is InChI=1S/C17H24N4O/c1-11-7-8-18-12(2)10-13(9-11)19-16-14-5-3-4-6-15(14)17(22)21-20-16/h3-6,11-13,18H,7-10H2,1-2H3,(H,19,20)(H,21,22)/t11-,12+,13-/m1/s1. The molecule has 0 bridgehead atoms. The summed E-state index contributed by atoms with van der Waals surface area (Å²) in [7, 11) is 0. The lowest BCUT2D eigenvalue weighted by Crippen LogP contribution is -2.38. The van der Waals surface area contributed by atoms with Crippen molar-refractivity contribution >= 4 is 16.6 Å². The number of aromatic nitrogens is 2. The summed E-state index contributed by atoms with van der Waals surface area (Å²) in [5, 5.41) is 15.5. The summed E-state index contributed by atoms with van der Waals surface area (Å²) in [5.74, 6) is 1.45. The predicted octanol–water partition coefficient (Wildman–Crippen LogP) is 2.50. The first kappa shape index (κ1) is 15.0. The van der Waals surface area contributed by atoms with Crippen LogP contribution in [0.4, 0.5) is 5.82 Å². The average Bonchev–Trinajstić information content (AvgIpc) is 2.48. The Hall–Kier alpha value is -1.88. The Kier molecular flexibility index (Phi) is 4.43. The summed E-state index contributed by atoms with van der Waals surface area (Å²) < 4.78 is 0. The minimum Gasteiger partial charge on any atom is -0.365 e. The molecular formula is C17H24N4O. The van der Waals surface area contributed by atoms with Crippen LogP contribution in [-0.4, -0.2) is 28.8 Å². The Morgan fingerprint density at radius 3 is 2.77 bits per heavy atom. The third kappa shape index (κ3) is 3.30. The maximum Gasteiger partial charge on any atom is 0.272 e. The molecule has 22 heavy (non-hydrogen) atoms. The SMILES string of the molecule is C[C@@H]1CCN[C@@H](C)C[C@H](Nc2n[nH]c(=O)c3ccccc23)C1. The fourth-order valence-corrected chi connectivity index (χ4v) is 3.32. The largest absolute Gasteiger partial charge is 0.365 e. The van der Waals surface area contributed by atoms with Gasteiger partial charge in [0, 0.05) is 17.5 Å². The number of anilines is 1. The highest BCUT2D eigenvalue weighted by Gasteiger charge is 2.20. The first-order valence-electron chi connectivity index (χ1n) is 8.11. The van der Waals surface area contributed by atoms with Crippen molar-refractivity contribution in [2.45, 2.75) is 45.2 Å². The van der Waals surface area contributed by atoms with Gasteiger partial charge in [0.25, 0.3) is 5.56 Å². The van der Waals surface area contributed by atoms with Crippen molar-refractivity contribution in [3.05, 3.63) is 34.6 Å². The van der Waals surface area contributed by atoms with E-state index >= 15 is 0 Å². The van der Waals surface area contributed by atoms with Crippen LogP contribution in [0.1, 0.15) is 33.1 Å². The molecule has 0 radical (unpaired) electrons. The summed E-state index contributed by atoms with van der Waals surface area (Å²) in [5.41, 5.74) is -0.137. The number of aromatic amines is 1. The highest BCUT2D eigenvalue weighted by Crippen LogP contribution is 2.23. The van der Waals surface area contributed by atoms with Gasteiger partial charge in [0.15, 0.2) is 5.82 Å². The minimum atomic E-state index is -0.137. The molecule has 3 rings (SSSR count). The highest BCUT2D eigenvalue weighted by atomic mass is 16.1. The van der Waals surface area contributed by atoms with Crippen LogP contribution < -0.4 is 16.2 Å². The molecule has 2 heterocycles.